The van der Waals surface area contributed by atoms with Gasteiger partial charge < -0.3 is 9.47 Å². The molecule has 1 saturated heterocycles. The second kappa shape index (κ2) is 8.77. The van der Waals surface area contributed by atoms with Gasteiger partial charge in [-0.2, -0.15) is 10.2 Å². The van der Waals surface area contributed by atoms with Gasteiger partial charge in [-0.1, -0.05) is 23.7 Å². The minimum Gasteiger partial charge on any atom is -0.492 e. The largest absolute Gasteiger partial charge is 0.492 e. The molecule has 1 aliphatic heterocycles. The van der Waals surface area contributed by atoms with E-state index in [9.17, 15) is 0 Å². The third-order valence-electron chi connectivity index (χ3n) is 4.76. The van der Waals surface area contributed by atoms with Gasteiger partial charge in [0.25, 0.3) is 0 Å². The number of hydrogen-bond acceptors (Lipinski definition) is 5. The van der Waals surface area contributed by atoms with Gasteiger partial charge in [-0.15, -0.1) is 0 Å². The number of aromatic amines is 1. The minimum atomic E-state index is -0.0279. The summed E-state index contributed by atoms with van der Waals surface area (Å²) < 4.78 is 13.5. The van der Waals surface area contributed by atoms with Gasteiger partial charge in [0.05, 0.1) is 30.1 Å². The molecule has 1 atom stereocenters. The summed E-state index contributed by atoms with van der Waals surface area (Å²) >= 11 is 6.11. The van der Waals surface area contributed by atoms with Gasteiger partial charge in [0, 0.05) is 50.6 Å². The third-order valence-corrected chi connectivity index (χ3v) is 5.07. The Bertz CT molecular complexity index is 909. The number of aryl methyl sites for hydroxylation is 1. The second-order valence-corrected chi connectivity index (χ2v) is 7.37. The van der Waals surface area contributed by atoms with E-state index >= 15 is 0 Å². The predicted molar refractivity (Wildman–Crippen MR) is 106 cm³/mol. The molecule has 0 unspecified atom stereocenters. The first-order valence-electron chi connectivity index (χ1n) is 9.40. The smallest absolute Gasteiger partial charge is 0.137 e. The van der Waals surface area contributed by atoms with E-state index in [-0.39, 0.29) is 6.10 Å². The molecule has 148 valence electrons. The molecule has 28 heavy (non-hydrogen) atoms. The van der Waals surface area contributed by atoms with Crippen molar-refractivity contribution in [3.63, 3.8) is 0 Å². The molecule has 2 aromatic heterocycles. The van der Waals surface area contributed by atoms with Gasteiger partial charge in [0.2, 0.25) is 0 Å². The maximum Gasteiger partial charge on any atom is 0.137 e. The zero-order valence-electron chi connectivity index (χ0n) is 15.8. The number of para-hydroxylation sites is 1. The number of rotatable bonds is 7. The average molecular weight is 402 g/mol. The van der Waals surface area contributed by atoms with Crippen molar-refractivity contribution in [2.24, 2.45) is 7.05 Å². The first kappa shape index (κ1) is 19.0. The quantitative estimate of drug-likeness (QED) is 0.659. The summed E-state index contributed by atoms with van der Waals surface area (Å²) in [4.78, 5) is 2.38. The Morgan fingerprint density at radius 1 is 1.36 bits per heavy atom. The highest BCUT2D eigenvalue weighted by Gasteiger charge is 2.24. The summed E-state index contributed by atoms with van der Waals surface area (Å²) in [6, 6.07) is 9.55. The van der Waals surface area contributed by atoms with Crippen LogP contribution in [-0.4, -0.2) is 51.2 Å². The fraction of sp³-hybridized carbons (Fsp3) is 0.400. The first-order chi connectivity index (χ1) is 13.7. The van der Waals surface area contributed by atoms with Gasteiger partial charge in [0.1, 0.15) is 11.9 Å². The van der Waals surface area contributed by atoms with E-state index in [0.717, 1.165) is 37.4 Å². The van der Waals surface area contributed by atoms with Crippen LogP contribution in [0.15, 0.2) is 42.7 Å². The normalized spacial score (nSPS) is 17.7. The Morgan fingerprint density at radius 2 is 2.25 bits per heavy atom. The number of H-pyrrole nitrogens is 1. The molecule has 1 fully saturated rings. The fourth-order valence-corrected chi connectivity index (χ4v) is 3.53. The molecule has 0 spiro atoms. The van der Waals surface area contributed by atoms with E-state index < -0.39 is 0 Å². The number of hydrogen-bond donors (Lipinski definition) is 1. The van der Waals surface area contributed by atoms with Gasteiger partial charge >= 0.3 is 0 Å². The lowest BCUT2D eigenvalue weighted by Gasteiger charge is -2.31. The molecule has 1 N–H and O–H groups in total. The summed E-state index contributed by atoms with van der Waals surface area (Å²) in [5.74, 6) is 0.700. The van der Waals surface area contributed by atoms with Crippen molar-refractivity contribution in [1.29, 1.82) is 0 Å². The van der Waals surface area contributed by atoms with E-state index in [1.54, 1.807) is 0 Å². The van der Waals surface area contributed by atoms with Crippen LogP contribution < -0.4 is 4.74 Å². The van der Waals surface area contributed by atoms with Gasteiger partial charge in [-0.05, 0) is 18.2 Å². The van der Waals surface area contributed by atoms with Crippen molar-refractivity contribution >= 4 is 11.6 Å². The fourth-order valence-electron chi connectivity index (χ4n) is 3.34. The minimum absolute atomic E-state index is 0.0279. The molecule has 8 heteroatoms. The third kappa shape index (κ3) is 4.73. The van der Waals surface area contributed by atoms with Crippen molar-refractivity contribution in [2.75, 3.05) is 26.3 Å². The van der Waals surface area contributed by atoms with Crippen molar-refractivity contribution in [1.82, 2.24) is 24.9 Å². The molecular weight excluding hydrogens is 378 g/mol. The van der Waals surface area contributed by atoms with Crippen LogP contribution in [0.3, 0.4) is 0 Å². The standard InChI is InChI=1S/C20H24ClN5O2/c1-25-12-15(11-22-25)13-26-7-9-28-20(14-26)18-10-16(23-24-18)6-8-27-19-5-3-2-4-17(19)21/h2-5,10-12,20H,6-9,13-14H2,1H3,(H,23,24)/t20-/m0/s1. The van der Waals surface area contributed by atoms with Crippen LogP contribution in [0.25, 0.3) is 0 Å². The molecule has 0 amide bonds. The number of nitrogens with one attached hydrogen (secondary N) is 1. The van der Waals surface area contributed by atoms with Crippen molar-refractivity contribution in [2.45, 2.75) is 19.1 Å². The Balaban J connectivity index is 1.30. The highest BCUT2D eigenvalue weighted by molar-refractivity contribution is 6.32. The van der Waals surface area contributed by atoms with Crippen LogP contribution in [-0.2, 0) is 24.8 Å². The summed E-state index contributed by atoms with van der Waals surface area (Å²) in [5, 5.41) is 12.4. The van der Waals surface area contributed by atoms with Gasteiger partial charge in [-0.3, -0.25) is 14.7 Å². The molecule has 3 heterocycles. The molecule has 0 radical (unpaired) electrons. The Kier molecular flexibility index (Phi) is 5.95. The number of nitrogens with zero attached hydrogens (tertiary/aromatic N) is 4. The van der Waals surface area contributed by atoms with Crippen molar-refractivity contribution in [3.05, 3.63) is 64.7 Å². The molecule has 1 aromatic carbocycles. The molecular formula is C20H24ClN5O2. The molecule has 3 aromatic rings. The summed E-state index contributed by atoms with van der Waals surface area (Å²) in [6.45, 7) is 3.83. The molecule has 0 bridgehead atoms. The zero-order chi connectivity index (χ0) is 19.3. The van der Waals surface area contributed by atoms with Gasteiger partial charge in [-0.25, -0.2) is 0 Å². The second-order valence-electron chi connectivity index (χ2n) is 6.96. The van der Waals surface area contributed by atoms with E-state index in [4.69, 9.17) is 21.1 Å². The van der Waals surface area contributed by atoms with Crippen molar-refractivity contribution in [3.8, 4) is 5.75 Å². The number of halogens is 1. The van der Waals surface area contributed by atoms with E-state index in [1.165, 1.54) is 5.56 Å². The van der Waals surface area contributed by atoms with Crippen LogP contribution >= 0.6 is 11.6 Å². The van der Waals surface area contributed by atoms with E-state index in [0.29, 0.717) is 24.0 Å². The molecule has 1 aliphatic rings. The maximum absolute atomic E-state index is 6.11. The van der Waals surface area contributed by atoms with Crippen LogP contribution in [0.5, 0.6) is 5.75 Å². The van der Waals surface area contributed by atoms with Crippen LogP contribution in [0.2, 0.25) is 5.02 Å². The molecule has 0 saturated carbocycles. The van der Waals surface area contributed by atoms with Crippen LogP contribution in [0, 0.1) is 0 Å². The average Bonchev–Trinajstić information content (AvgIpc) is 3.33. The highest BCUT2D eigenvalue weighted by atomic mass is 35.5. The van der Waals surface area contributed by atoms with Crippen molar-refractivity contribution < 1.29 is 9.47 Å². The molecule has 7 nitrogen and oxygen atoms in total. The number of benzene rings is 1. The summed E-state index contributed by atoms with van der Waals surface area (Å²) in [5.41, 5.74) is 3.17. The van der Waals surface area contributed by atoms with E-state index in [1.807, 2.05) is 42.2 Å². The SMILES string of the molecule is Cn1cc(CN2CCO[C@H](c3cc(CCOc4ccccc4Cl)[nH]n3)C2)cn1. The van der Waals surface area contributed by atoms with Crippen LogP contribution in [0.1, 0.15) is 23.1 Å². The van der Waals surface area contributed by atoms with E-state index in [2.05, 4.69) is 32.5 Å². The molecule has 0 aliphatic carbocycles. The highest BCUT2D eigenvalue weighted by Crippen LogP contribution is 2.24. The number of aromatic nitrogens is 4. The predicted octanol–water partition coefficient (Wildman–Crippen LogP) is 2.99. The molecule has 4 rings (SSSR count). The lowest BCUT2D eigenvalue weighted by molar-refractivity contribution is -0.0350. The Hall–Kier alpha value is -2.35. The summed E-state index contributed by atoms with van der Waals surface area (Å²) in [6.07, 6.45) is 4.66. The lowest BCUT2D eigenvalue weighted by atomic mass is 10.1. The van der Waals surface area contributed by atoms with Crippen LogP contribution in [0.4, 0.5) is 0 Å². The zero-order valence-corrected chi connectivity index (χ0v) is 16.6. The van der Waals surface area contributed by atoms with Gasteiger partial charge in [0.15, 0.2) is 0 Å². The number of ether oxygens (including phenoxy) is 2. The summed E-state index contributed by atoms with van der Waals surface area (Å²) in [7, 11) is 1.94. The lowest BCUT2D eigenvalue weighted by Crippen LogP contribution is -2.37. The topological polar surface area (TPSA) is 68.2 Å². The maximum atomic E-state index is 6.11. The number of morpholine rings is 1. The Morgan fingerprint density at radius 3 is 3.07 bits per heavy atom. The Labute approximate surface area is 169 Å². The first-order valence-corrected chi connectivity index (χ1v) is 9.78. The monoisotopic (exact) mass is 401 g/mol.